The number of hydrogen-bond donors (Lipinski definition) is 1. The zero-order valence-corrected chi connectivity index (χ0v) is 20.7. The van der Waals surface area contributed by atoms with Crippen LogP contribution in [0.5, 0.6) is 5.88 Å². The Labute approximate surface area is 213 Å². The third-order valence-electron chi connectivity index (χ3n) is 6.69. The number of ether oxygens (including phenoxy) is 1. The number of nitrogens with zero attached hydrogens (tertiary/aromatic N) is 6. The van der Waals surface area contributed by atoms with Gasteiger partial charge in [0.25, 0.3) is 5.92 Å². The van der Waals surface area contributed by atoms with E-state index in [1.807, 2.05) is 0 Å². The molecule has 38 heavy (non-hydrogen) atoms. The van der Waals surface area contributed by atoms with Crippen LogP contribution in [0, 0.1) is 18.6 Å². The number of amides is 1. The summed E-state index contributed by atoms with van der Waals surface area (Å²) in [6, 6.07) is 1.21. The van der Waals surface area contributed by atoms with Gasteiger partial charge in [0.05, 0.1) is 43.5 Å². The third kappa shape index (κ3) is 4.27. The molecule has 1 N–H and O–H groups in total. The number of rotatable bonds is 6. The number of fused-ring (bicyclic) bond motifs is 2. The Morgan fingerprint density at radius 2 is 2.00 bits per heavy atom. The first-order valence-electron chi connectivity index (χ1n) is 11.8. The second-order valence-electron chi connectivity index (χ2n) is 9.10. The van der Waals surface area contributed by atoms with Crippen LogP contribution in [0.25, 0.3) is 27.7 Å². The van der Waals surface area contributed by atoms with Gasteiger partial charge in [0.2, 0.25) is 17.7 Å². The number of piperidine rings is 1. The summed E-state index contributed by atoms with van der Waals surface area (Å²) in [4.78, 5) is 20.9. The number of carbonyl (C=O) groups excluding carboxylic acids is 1. The van der Waals surface area contributed by atoms with Gasteiger partial charge >= 0.3 is 0 Å². The fraction of sp³-hybridized carbons (Fsp3) is 0.417. The Morgan fingerprint density at radius 1 is 1.24 bits per heavy atom. The van der Waals surface area contributed by atoms with Crippen LogP contribution in [-0.2, 0) is 11.3 Å². The molecule has 1 fully saturated rings. The van der Waals surface area contributed by atoms with Crippen LogP contribution >= 0.6 is 0 Å². The number of imidazole rings is 1. The first-order valence-corrected chi connectivity index (χ1v) is 11.8. The van der Waals surface area contributed by atoms with Gasteiger partial charge in [-0.25, -0.2) is 31.5 Å². The maximum absolute atomic E-state index is 15.3. The zero-order chi connectivity index (χ0) is 27.4. The number of hydrogen-bond acceptors (Lipinski definition) is 6. The monoisotopic (exact) mass is 537 g/mol. The van der Waals surface area contributed by atoms with Gasteiger partial charge in [0.15, 0.2) is 11.6 Å². The fourth-order valence-electron chi connectivity index (χ4n) is 4.85. The number of aromatic nitrogens is 5. The summed E-state index contributed by atoms with van der Waals surface area (Å²) in [5.74, 6) is -5.21. The molecule has 1 aromatic carbocycles. The maximum atomic E-state index is 15.3. The average Bonchev–Trinajstić information content (AvgIpc) is 3.35. The van der Waals surface area contributed by atoms with E-state index in [4.69, 9.17) is 4.74 Å². The van der Waals surface area contributed by atoms with E-state index in [0.29, 0.717) is 5.82 Å². The first kappa shape index (κ1) is 25.7. The Kier molecular flexibility index (Phi) is 6.35. The Bertz CT molecular complexity index is 1550. The fourth-order valence-corrected chi connectivity index (χ4v) is 4.85. The predicted molar refractivity (Wildman–Crippen MR) is 128 cm³/mol. The van der Waals surface area contributed by atoms with Crippen molar-refractivity contribution < 1.29 is 31.5 Å². The molecular formula is C24H24F5N7O2. The normalized spacial score (nSPS) is 17.4. The van der Waals surface area contributed by atoms with Crippen molar-refractivity contribution in [1.82, 2.24) is 29.0 Å². The highest BCUT2D eigenvalue weighted by atomic mass is 19.3. The molecule has 0 aliphatic carbocycles. The number of methoxy groups -OCH3 is 1. The van der Waals surface area contributed by atoms with Gasteiger partial charge in [0.1, 0.15) is 23.5 Å². The Hall–Kier alpha value is -3.97. The van der Waals surface area contributed by atoms with E-state index in [1.165, 1.54) is 24.7 Å². The van der Waals surface area contributed by atoms with Crippen molar-refractivity contribution in [1.29, 1.82) is 0 Å². The molecule has 0 saturated carbocycles. The van der Waals surface area contributed by atoms with Gasteiger partial charge in [-0.2, -0.15) is 4.98 Å². The van der Waals surface area contributed by atoms with Crippen molar-refractivity contribution in [2.45, 2.75) is 38.8 Å². The molecule has 5 rings (SSSR count). The van der Waals surface area contributed by atoms with Crippen molar-refractivity contribution >= 4 is 28.4 Å². The van der Waals surface area contributed by atoms with E-state index in [0.717, 1.165) is 21.7 Å². The van der Waals surface area contributed by atoms with Crippen molar-refractivity contribution in [3.63, 3.8) is 0 Å². The number of aryl methyl sites for hydroxylation is 2. The standard InChI is InChI=1S/C24H24F5N7O2/c1-12-30-20-15(26)8-14(9-17(20)35(12)7-5-25)19-16(27)10-36-21(19)22(38-3)32-23(33-36)31-18-4-6-34(13(2)37)11-24(18,28)29/h8-10,18H,4-7,11H2,1-3H3,(H,31,33)/t18-/m1/s1. The van der Waals surface area contributed by atoms with Crippen molar-refractivity contribution in [3.05, 3.63) is 35.8 Å². The molecule has 0 bridgehead atoms. The second-order valence-corrected chi connectivity index (χ2v) is 9.10. The summed E-state index contributed by atoms with van der Waals surface area (Å²) in [5.41, 5.74) is 0.378. The van der Waals surface area contributed by atoms with Crippen molar-refractivity contribution in [2.24, 2.45) is 0 Å². The Morgan fingerprint density at radius 3 is 2.66 bits per heavy atom. The summed E-state index contributed by atoms with van der Waals surface area (Å²) in [6.07, 6.45) is 0.940. The molecule has 4 heterocycles. The topological polar surface area (TPSA) is 89.6 Å². The molecule has 202 valence electrons. The summed E-state index contributed by atoms with van der Waals surface area (Å²) in [5, 5.41) is 6.72. The van der Waals surface area contributed by atoms with Crippen LogP contribution in [0.4, 0.5) is 27.9 Å². The first-order chi connectivity index (χ1) is 18.0. The average molecular weight is 537 g/mol. The van der Waals surface area contributed by atoms with E-state index < -0.39 is 42.7 Å². The molecule has 3 aromatic heterocycles. The van der Waals surface area contributed by atoms with E-state index in [2.05, 4.69) is 20.4 Å². The highest BCUT2D eigenvalue weighted by molar-refractivity contribution is 5.90. The van der Waals surface area contributed by atoms with Crippen LogP contribution in [-0.4, -0.2) is 73.8 Å². The van der Waals surface area contributed by atoms with Crippen LogP contribution in [0.2, 0.25) is 0 Å². The summed E-state index contributed by atoms with van der Waals surface area (Å²) in [7, 11) is 1.27. The summed E-state index contributed by atoms with van der Waals surface area (Å²) >= 11 is 0. The van der Waals surface area contributed by atoms with Crippen LogP contribution in [0.1, 0.15) is 19.2 Å². The molecule has 1 aliphatic rings. The van der Waals surface area contributed by atoms with Crippen LogP contribution in [0.15, 0.2) is 18.3 Å². The molecule has 1 atom stereocenters. The van der Waals surface area contributed by atoms with Gasteiger partial charge in [-0.1, -0.05) is 0 Å². The zero-order valence-electron chi connectivity index (χ0n) is 20.7. The molecule has 9 nitrogen and oxygen atoms in total. The van der Waals surface area contributed by atoms with E-state index in [-0.39, 0.29) is 59.0 Å². The summed E-state index contributed by atoms with van der Waals surface area (Å²) in [6.45, 7) is 1.45. The van der Waals surface area contributed by atoms with Crippen molar-refractivity contribution in [2.75, 3.05) is 32.2 Å². The minimum absolute atomic E-state index is 0.0232. The number of carbonyl (C=O) groups is 1. The quantitative estimate of drug-likeness (QED) is 0.375. The maximum Gasteiger partial charge on any atom is 0.285 e. The smallest absolute Gasteiger partial charge is 0.285 e. The van der Waals surface area contributed by atoms with Crippen molar-refractivity contribution in [3.8, 4) is 17.0 Å². The lowest BCUT2D eigenvalue weighted by molar-refractivity contribution is -0.140. The largest absolute Gasteiger partial charge is 0.479 e. The van der Waals surface area contributed by atoms with Gasteiger partial charge in [-0.15, -0.1) is 5.10 Å². The second kappa shape index (κ2) is 9.40. The molecule has 4 aromatic rings. The minimum atomic E-state index is -3.27. The van der Waals surface area contributed by atoms with E-state index >= 15 is 4.39 Å². The van der Waals surface area contributed by atoms with Gasteiger partial charge in [0, 0.05) is 13.5 Å². The van der Waals surface area contributed by atoms with Crippen LogP contribution < -0.4 is 10.1 Å². The highest BCUT2D eigenvalue weighted by Gasteiger charge is 2.46. The molecule has 1 saturated heterocycles. The molecule has 0 unspecified atom stereocenters. The number of benzene rings is 1. The lowest BCUT2D eigenvalue weighted by atomic mass is 10.0. The minimum Gasteiger partial charge on any atom is -0.479 e. The van der Waals surface area contributed by atoms with Gasteiger partial charge in [-0.3, -0.25) is 4.79 Å². The molecule has 1 aliphatic heterocycles. The number of nitrogens with one attached hydrogen (secondary N) is 1. The summed E-state index contributed by atoms with van der Waals surface area (Å²) < 4.78 is 80.8. The number of halogens is 5. The van der Waals surface area contributed by atoms with Crippen LogP contribution in [0.3, 0.4) is 0 Å². The molecular weight excluding hydrogens is 513 g/mol. The predicted octanol–water partition coefficient (Wildman–Crippen LogP) is 3.98. The number of anilines is 1. The van der Waals surface area contributed by atoms with E-state index in [9.17, 15) is 22.4 Å². The van der Waals surface area contributed by atoms with E-state index in [1.54, 1.807) is 6.92 Å². The molecule has 14 heteroatoms. The highest BCUT2D eigenvalue weighted by Crippen LogP contribution is 2.37. The third-order valence-corrected chi connectivity index (χ3v) is 6.69. The number of likely N-dealkylation sites (tertiary alicyclic amines) is 1. The van der Waals surface area contributed by atoms with Gasteiger partial charge < -0.3 is 19.5 Å². The van der Waals surface area contributed by atoms with Gasteiger partial charge in [-0.05, 0) is 31.0 Å². The molecule has 0 spiro atoms. The Balaban J connectivity index is 1.57. The molecule has 0 radical (unpaired) electrons. The number of alkyl halides is 3. The molecule has 1 amide bonds. The lowest BCUT2D eigenvalue weighted by Gasteiger charge is -2.38. The SMILES string of the molecule is COc1nc(N[C@@H]2CCN(C(C)=O)CC2(F)F)nn2cc(F)c(-c3cc(F)c4nc(C)n(CCF)c4c3)c12. The lowest BCUT2D eigenvalue weighted by Crippen LogP contribution is -2.55.